The number of nitrogens with zero attached hydrogens (tertiary/aromatic N) is 1. The van der Waals surface area contributed by atoms with Gasteiger partial charge in [-0.15, -0.1) is 0 Å². The van der Waals surface area contributed by atoms with E-state index >= 15 is 0 Å². The Balaban J connectivity index is 2.40. The van der Waals surface area contributed by atoms with Crippen LogP contribution in [0.4, 0.5) is 0 Å². The van der Waals surface area contributed by atoms with Crippen molar-refractivity contribution in [3.05, 3.63) is 10.1 Å². The summed E-state index contributed by atoms with van der Waals surface area (Å²) in [5.41, 5.74) is 5.86. The van der Waals surface area contributed by atoms with Crippen LogP contribution in [0.25, 0.3) is 0 Å². The van der Waals surface area contributed by atoms with E-state index in [2.05, 4.69) is 0 Å². The third kappa shape index (κ3) is 4.05. The molecule has 2 atom stereocenters. The van der Waals surface area contributed by atoms with Gasteiger partial charge in [0.25, 0.3) is 0 Å². The SMILES string of the molecule is NC1CCCCCCC([N+](=O)[O-])CC1. The lowest BCUT2D eigenvalue weighted by Crippen LogP contribution is -2.26. The van der Waals surface area contributed by atoms with Gasteiger partial charge < -0.3 is 5.73 Å². The average Bonchev–Trinajstić information content (AvgIpc) is 2.15. The van der Waals surface area contributed by atoms with Crippen molar-refractivity contribution in [2.45, 2.75) is 63.5 Å². The normalized spacial score (nSPS) is 30.9. The lowest BCUT2D eigenvalue weighted by Gasteiger charge is -2.16. The molecular formula is C10H20N2O2. The van der Waals surface area contributed by atoms with Gasteiger partial charge in [0.05, 0.1) is 0 Å². The minimum absolute atomic E-state index is 0.131. The highest BCUT2D eigenvalue weighted by atomic mass is 16.6. The molecule has 2 unspecified atom stereocenters. The third-order valence-corrected chi connectivity index (χ3v) is 3.03. The molecule has 0 spiro atoms. The standard InChI is InChI=1S/C10H20N2O2/c11-9-5-3-1-2-4-6-10(8-7-9)12(13)14/h9-10H,1-8,11H2. The van der Waals surface area contributed by atoms with Crippen molar-refractivity contribution in [2.75, 3.05) is 0 Å². The van der Waals surface area contributed by atoms with Crippen LogP contribution in [0, 0.1) is 10.1 Å². The van der Waals surface area contributed by atoms with E-state index in [1.807, 2.05) is 0 Å². The van der Waals surface area contributed by atoms with E-state index in [0.29, 0.717) is 6.42 Å². The Labute approximate surface area is 85.0 Å². The second-order valence-electron chi connectivity index (χ2n) is 4.27. The summed E-state index contributed by atoms with van der Waals surface area (Å²) >= 11 is 0. The highest BCUT2D eigenvalue weighted by Crippen LogP contribution is 2.17. The Kier molecular flexibility index (Phi) is 4.87. The lowest BCUT2D eigenvalue weighted by atomic mass is 9.95. The van der Waals surface area contributed by atoms with E-state index < -0.39 is 0 Å². The van der Waals surface area contributed by atoms with Crippen molar-refractivity contribution in [3.63, 3.8) is 0 Å². The Bertz CT molecular complexity index is 185. The van der Waals surface area contributed by atoms with E-state index in [4.69, 9.17) is 5.73 Å². The fourth-order valence-corrected chi connectivity index (χ4v) is 2.05. The van der Waals surface area contributed by atoms with Crippen molar-refractivity contribution in [3.8, 4) is 0 Å². The van der Waals surface area contributed by atoms with E-state index in [1.54, 1.807) is 0 Å². The second kappa shape index (κ2) is 5.96. The summed E-state index contributed by atoms with van der Waals surface area (Å²) in [6.45, 7) is 0. The number of nitrogens with two attached hydrogens (primary N) is 1. The average molecular weight is 200 g/mol. The van der Waals surface area contributed by atoms with Gasteiger partial charge >= 0.3 is 0 Å². The Morgan fingerprint density at radius 3 is 2.29 bits per heavy atom. The first-order valence-electron chi connectivity index (χ1n) is 5.59. The van der Waals surface area contributed by atoms with Crippen LogP contribution in [0.2, 0.25) is 0 Å². The molecule has 0 heterocycles. The van der Waals surface area contributed by atoms with Crippen LogP contribution in [0.5, 0.6) is 0 Å². The van der Waals surface area contributed by atoms with E-state index in [9.17, 15) is 10.1 Å². The monoisotopic (exact) mass is 200 g/mol. The van der Waals surface area contributed by atoms with Gasteiger partial charge in [-0.1, -0.05) is 19.3 Å². The predicted octanol–water partition coefficient (Wildman–Crippen LogP) is 2.09. The van der Waals surface area contributed by atoms with Crippen LogP contribution in [0.15, 0.2) is 0 Å². The van der Waals surface area contributed by atoms with Crippen molar-refractivity contribution in [1.29, 1.82) is 0 Å². The quantitative estimate of drug-likeness (QED) is 0.520. The van der Waals surface area contributed by atoms with Gasteiger partial charge in [0.2, 0.25) is 6.04 Å². The zero-order valence-electron chi connectivity index (χ0n) is 8.65. The molecule has 1 rings (SSSR count). The minimum Gasteiger partial charge on any atom is -0.328 e. The summed E-state index contributed by atoms with van der Waals surface area (Å²) in [7, 11) is 0. The maximum atomic E-state index is 10.7. The number of hydrogen-bond donors (Lipinski definition) is 1. The molecule has 82 valence electrons. The first-order valence-corrected chi connectivity index (χ1v) is 5.59. The molecule has 1 aliphatic carbocycles. The van der Waals surface area contributed by atoms with Gasteiger partial charge in [0.1, 0.15) is 0 Å². The molecule has 0 bridgehead atoms. The van der Waals surface area contributed by atoms with Gasteiger partial charge in [-0.05, 0) is 19.3 Å². The first kappa shape index (κ1) is 11.4. The van der Waals surface area contributed by atoms with Crippen LogP contribution in [0.3, 0.4) is 0 Å². The molecule has 1 saturated carbocycles. The molecule has 0 aromatic heterocycles. The van der Waals surface area contributed by atoms with Gasteiger partial charge in [-0.2, -0.15) is 0 Å². The molecule has 0 saturated heterocycles. The van der Waals surface area contributed by atoms with Crippen LogP contribution < -0.4 is 5.73 Å². The highest BCUT2D eigenvalue weighted by molar-refractivity contribution is 4.68. The van der Waals surface area contributed by atoms with Gasteiger partial charge in [0, 0.05) is 23.8 Å². The molecule has 2 N–H and O–H groups in total. The van der Waals surface area contributed by atoms with Crippen molar-refractivity contribution in [2.24, 2.45) is 5.73 Å². The lowest BCUT2D eigenvalue weighted by molar-refractivity contribution is -0.524. The van der Waals surface area contributed by atoms with Crippen LogP contribution in [-0.2, 0) is 0 Å². The third-order valence-electron chi connectivity index (χ3n) is 3.03. The molecule has 0 amide bonds. The van der Waals surface area contributed by atoms with Crippen LogP contribution in [0.1, 0.15) is 51.4 Å². The summed E-state index contributed by atoms with van der Waals surface area (Å²) in [4.78, 5) is 10.6. The summed E-state index contributed by atoms with van der Waals surface area (Å²) < 4.78 is 0. The fourth-order valence-electron chi connectivity index (χ4n) is 2.05. The predicted molar refractivity (Wildman–Crippen MR) is 55.7 cm³/mol. The van der Waals surface area contributed by atoms with Crippen molar-refractivity contribution < 1.29 is 4.92 Å². The van der Waals surface area contributed by atoms with Crippen molar-refractivity contribution in [1.82, 2.24) is 0 Å². The summed E-state index contributed by atoms with van der Waals surface area (Å²) in [6.07, 6.45) is 7.73. The Morgan fingerprint density at radius 2 is 1.64 bits per heavy atom. The molecular weight excluding hydrogens is 180 g/mol. The maximum absolute atomic E-state index is 10.7. The van der Waals surface area contributed by atoms with Gasteiger partial charge in [-0.3, -0.25) is 10.1 Å². The number of nitro groups is 1. The van der Waals surface area contributed by atoms with Gasteiger partial charge in [0.15, 0.2) is 0 Å². The summed E-state index contributed by atoms with van der Waals surface area (Å²) in [5, 5.41) is 10.7. The van der Waals surface area contributed by atoms with E-state index in [-0.39, 0.29) is 17.0 Å². The first-order chi connectivity index (χ1) is 6.70. The molecule has 0 aromatic rings. The highest BCUT2D eigenvalue weighted by Gasteiger charge is 2.21. The summed E-state index contributed by atoms with van der Waals surface area (Å²) in [5.74, 6) is 0. The van der Waals surface area contributed by atoms with Crippen molar-refractivity contribution >= 4 is 0 Å². The fraction of sp³-hybridized carbons (Fsp3) is 1.00. The smallest absolute Gasteiger partial charge is 0.213 e. The minimum atomic E-state index is -0.348. The number of rotatable bonds is 1. The maximum Gasteiger partial charge on any atom is 0.213 e. The Morgan fingerprint density at radius 1 is 1.00 bits per heavy atom. The number of hydrogen-bond acceptors (Lipinski definition) is 3. The van der Waals surface area contributed by atoms with Gasteiger partial charge in [-0.25, -0.2) is 0 Å². The largest absolute Gasteiger partial charge is 0.328 e. The molecule has 4 heteroatoms. The molecule has 1 aliphatic rings. The zero-order valence-corrected chi connectivity index (χ0v) is 8.65. The Hall–Kier alpha value is -0.640. The molecule has 14 heavy (non-hydrogen) atoms. The van der Waals surface area contributed by atoms with E-state index in [1.165, 1.54) is 12.8 Å². The summed E-state index contributed by atoms with van der Waals surface area (Å²) in [6, 6.07) is -0.172. The molecule has 1 fully saturated rings. The topological polar surface area (TPSA) is 69.2 Å². The molecule has 0 aliphatic heterocycles. The second-order valence-corrected chi connectivity index (χ2v) is 4.27. The van der Waals surface area contributed by atoms with Crippen LogP contribution >= 0.6 is 0 Å². The molecule has 4 nitrogen and oxygen atoms in total. The molecule has 0 radical (unpaired) electrons. The molecule has 0 aromatic carbocycles. The van der Waals surface area contributed by atoms with E-state index in [0.717, 1.165) is 32.1 Å². The van der Waals surface area contributed by atoms with Crippen LogP contribution in [-0.4, -0.2) is 17.0 Å². The zero-order chi connectivity index (χ0) is 10.4.